The number of nitro groups is 1. The second-order valence-electron chi connectivity index (χ2n) is 7.37. The van der Waals surface area contributed by atoms with Crippen LogP contribution in [0.3, 0.4) is 0 Å². The first-order valence-corrected chi connectivity index (χ1v) is 9.46. The minimum Gasteiger partial charge on any atom is -0.381 e. The Morgan fingerprint density at radius 3 is 2.85 bits per heavy atom. The van der Waals surface area contributed by atoms with Crippen LogP contribution in [0, 0.1) is 22.0 Å². The van der Waals surface area contributed by atoms with E-state index < -0.39 is 0 Å². The third kappa shape index (κ3) is 5.17. The molecule has 0 aromatic heterocycles. The molecule has 142 valence electrons. The normalized spacial score (nSPS) is 23.9. The Morgan fingerprint density at radius 1 is 1.38 bits per heavy atom. The van der Waals surface area contributed by atoms with Gasteiger partial charge in [0.05, 0.1) is 18.1 Å². The van der Waals surface area contributed by atoms with Crippen molar-refractivity contribution in [3.63, 3.8) is 0 Å². The van der Waals surface area contributed by atoms with Crippen LogP contribution in [0.1, 0.15) is 31.7 Å². The van der Waals surface area contributed by atoms with Crippen LogP contribution in [0.15, 0.2) is 29.3 Å². The maximum atomic E-state index is 10.8. The summed E-state index contributed by atoms with van der Waals surface area (Å²) in [5.74, 6) is 2.16. The van der Waals surface area contributed by atoms with Gasteiger partial charge in [-0.1, -0.05) is 19.1 Å². The van der Waals surface area contributed by atoms with Crippen molar-refractivity contribution in [1.29, 1.82) is 0 Å². The van der Waals surface area contributed by atoms with Crippen LogP contribution in [-0.4, -0.2) is 48.6 Å². The van der Waals surface area contributed by atoms with E-state index in [0.29, 0.717) is 18.4 Å². The van der Waals surface area contributed by atoms with E-state index >= 15 is 0 Å². The molecule has 0 spiro atoms. The van der Waals surface area contributed by atoms with Crippen LogP contribution < -0.4 is 5.32 Å². The van der Waals surface area contributed by atoms with E-state index in [2.05, 4.69) is 17.1 Å². The first-order valence-electron chi connectivity index (χ1n) is 9.46. The van der Waals surface area contributed by atoms with E-state index in [0.717, 1.165) is 50.8 Å². The average molecular weight is 360 g/mol. The Balaban J connectivity index is 1.66. The second kappa shape index (κ2) is 8.98. The summed E-state index contributed by atoms with van der Waals surface area (Å²) < 4.78 is 5.46. The molecule has 2 unspecified atom stereocenters. The summed E-state index contributed by atoms with van der Waals surface area (Å²) in [4.78, 5) is 17.6. The van der Waals surface area contributed by atoms with Crippen molar-refractivity contribution >= 4 is 11.6 Å². The molecule has 0 radical (unpaired) electrons. The van der Waals surface area contributed by atoms with Gasteiger partial charge in [-0.15, -0.1) is 0 Å². The summed E-state index contributed by atoms with van der Waals surface area (Å²) in [5.41, 5.74) is 1.09. The Kier molecular flexibility index (Phi) is 6.44. The van der Waals surface area contributed by atoms with Gasteiger partial charge in [-0.2, -0.15) is 0 Å². The molecule has 7 nitrogen and oxygen atoms in total. The fourth-order valence-corrected chi connectivity index (χ4v) is 3.52. The number of piperidine rings is 1. The first kappa shape index (κ1) is 18.6. The maximum absolute atomic E-state index is 10.8. The third-order valence-electron chi connectivity index (χ3n) is 5.09. The molecule has 2 atom stereocenters. The molecule has 2 fully saturated rings. The second-order valence-corrected chi connectivity index (χ2v) is 7.37. The number of rotatable bonds is 5. The van der Waals surface area contributed by atoms with Crippen molar-refractivity contribution < 1.29 is 9.66 Å². The van der Waals surface area contributed by atoms with Gasteiger partial charge in [0, 0.05) is 44.3 Å². The fourth-order valence-electron chi connectivity index (χ4n) is 3.52. The van der Waals surface area contributed by atoms with Crippen LogP contribution in [0.2, 0.25) is 0 Å². The molecule has 26 heavy (non-hydrogen) atoms. The largest absolute Gasteiger partial charge is 0.381 e. The van der Waals surface area contributed by atoms with Gasteiger partial charge in [0.15, 0.2) is 5.96 Å². The molecule has 2 aliphatic heterocycles. The van der Waals surface area contributed by atoms with Crippen molar-refractivity contribution in [2.75, 3.05) is 32.8 Å². The molecule has 1 N–H and O–H groups in total. The molecular weight excluding hydrogens is 332 g/mol. The van der Waals surface area contributed by atoms with Crippen molar-refractivity contribution in [2.24, 2.45) is 16.8 Å². The third-order valence-corrected chi connectivity index (χ3v) is 5.09. The van der Waals surface area contributed by atoms with Crippen LogP contribution in [0.4, 0.5) is 5.69 Å². The minimum absolute atomic E-state index is 0.113. The highest BCUT2D eigenvalue weighted by atomic mass is 16.6. The molecule has 7 heteroatoms. The van der Waals surface area contributed by atoms with Gasteiger partial charge < -0.3 is 15.0 Å². The molecule has 2 saturated heterocycles. The molecule has 1 aromatic rings. The Hall–Kier alpha value is -2.15. The van der Waals surface area contributed by atoms with Crippen molar-refractivity contribution in [2.45, 2.75) is 32.7 Å². The molecule has 0 amide bonds. The lowest BCUT2D eigenvalue weighted by Gasteiger charge is -2.34. The average Bonchev–Trinajstić information content (AvgIpc) is 3.15. The monoisotopic (exact) mass is 360 g/mol. The van der Waals surface area contributed by atoms with Gasteiger partial charge >= 0.3 is 0 Å². The maximum Gasteiger partial charge on any atom is 0.269 e. The predicted molar refractivity (Wildman–Crippen MR) is 101 cm³/mol. The lowest BCUT2D eigenvalue weighted by molar-refractivity contribution is -0.384. The van der Waals surface area contributed by atoms with Gasteiger partial charge in [0.2, 0.25) is 0 Å². The van der Waals surface area contributed by atoms with Gasteiger partial charge in [-0.3, -0.25) is 10.1 Å². The summed E-state index contributed by atoms with van der Waals surface area (Å²) in [6.45, 7) is 7.40. The molecule has 0 saturated carbocycles. The number of hydrogen-bond donors (Lipinski definition) is 1. The summed E-state index contributed by atoms with van der Waals surface area (Å²) in [7, 11) is 0. The van der Waals surface area contributed by atoms with E-state index in [1.165, 1.54) is 25.0 Å². The lowest BCUT2D eigenvalue weighted by atomic mass is 10.0. The van der Waals surface area contributed by atoms with E-state index in [-0.39, 0.29) is 10.6 Å². The van der Waals surface area contributed by atoms with Gasteiger partial charge in [-0.25, -0.2) is 4.99 Å². The summed E-state index contributed by atoms with van der Waals surface area (Å²) in [6.07, 6.45) is 3.55. The number of non-ortho nitro benzene ring substituents is 1. The van der Waals surface area contributed by atoms with Crippen LogP contribution in [0.25, 0.3) is 0 Å². The molecular formula is C19H28N4O3. The molecule has 3 rings (SSSR count). The number of aliphatic imine (C=N–C) groups is 1. The minimum atomic E-state index is -0.376. The topological polar surface area (TPSA) is 80.0 Å². The first-order chi connectivity index (χ1) is 12.6. The zero-order valence-electron chi connectivity index (χ0n) is 15.4. The van der Waals surface area contributed by atoms with E-state index in [1.807, 2.05) is 0 Å². The quantitative estimate of drug-likeness (QED) is 0.378. The summed E-state index contributed by atoms with van der Waals surface area (Å²) in [5, 5.41) is 14.3. The molecule has 2 aliphatic rings. The Morgan fingerprint density at radius 2 is 2.19 bits per heavy atom. The molecule has 1 aromatic carbocycles. The SMILES string of the molecule is CC1CCCN(C(=NCc2ccc([N+](=O)[O-])cc2)NCC2CCOC2)C1. The number of ether oxygens (including phenoxy) is 1. The van der Waals surface area contributed by atoms with Crippen molar-refractivity contribution in [1.82, 2.24) is 10.2 Å². The highest BCUT2D eigenvalue weighted by Gasteiger charge is 2.21. The van der Waals surface area contributed by atoms with E-state index in [9.17, 15) is 10.1 Å². The molecule has 2 heterocycles. The smallest absolute Gasteiger partial charge is 0.269 e. The Labute approximate surface area is 154 Å². The number of likely N-dealkylation sites (tertiary alicyclic amines) is 1. The molecule has 0 bridgehead atoms. The van der Waals surface area contributed by atoms with Gasteiger partial charge in [-0.05, 0) is 30.7 Å². The number of nitro benzene ring substituents is 1. The molecule has 0 aliphatic carbocycles. The standard InChI is InChI=1S/C19H28N4O3/c1-15-3-2-9-22(13-15)19(21-12-17-8-10-26-14-17)20-11-16-4-6-18(7-5-16)23(24)25/h4-7,15,17H,2-3,8-14H2,1H3,(H,20,21). The highest BCUT2D eigenvalue weighted by molar-refractivity contribution is 5.80. The number of nitrogens with zero attached hydrogens (tertiary/aromatic N) is 3. The zero-order chi connectivity index (χ0) is 18.4. The Bertz CT molecular complexity index is 626. The number of benzene rings is 1. The van der Waals surface area contributed by atoms with Crippen LogP contribution >= 0.6 is 0 Å². The van der Waals surface area contributed by atoms with Gasteiger partial charge in [0.1, 0.15) is 0 Å². The number of nitrogens with one attached hydrogen (secondary N) is 1. The van der Waals surface area contributed by atoms with Gasteiger partial charge in [0.25, 0.3) is 5.69 Å². The highest BCUT2D eigenvalue weighted by Crippen LogP contribution is 2.17. The van der Waals surface area contributed by atoms with Crippen molar-refractivity contribution in [3.8, 4) is 0 Å². The van der Waals surface area contributed by atoms with Crippen LogP contribution in [-0.2, 0) is 11.3 Å². The van der Waals surface area contributed by atoms with E-state index in [1.54, 1.807) is 12.1 Å². The van der Waals surface area contributed by atoms with Crippen molar-refractivity contribution in [3.05, 3.63) is 39.9 Å². The fraction of sp³-hybridized carbons (Fsp3) is 0.632. The number of hydrogen-bond acceptors (Lipinski definition) is 4. The lowest BCUT2D eigenvalue weighted by Crippen LogP contribution is -2.47. The number of guanidine groups is 1. The van der Waals surface area contributed by atoms with Crippen LogP contribution in [0.5, 0.6) is 0 Å². The summed E-state index contributed by atoms with van der Waals surface area (Å²) in [6, 6.07) is 6.64. The van der Waals surface area contributed by atoms with E-state index in [4.69, 9.17) is 9.73 Å². The zero-order valence-corrected chi connectivity index (χ0v) is 15.4. The summed E-state index contributed by atoms with van der Waals surface area (Å²) >= 11 is 0. The predicted octanol–water partition coefficient (Wildman–Crippen LogP) is 2.81.